The van der Waals surface area contributed by atoms with Crippen molar-refractivity contribution in [3.63, 3.8) is 0 Å². The van der Waals surface area contributed by atoms with E-state index in [1.54, 1.807) is 25.1 Å². The third-order valence-corrected chi connectivity index (χ3v) is 9.65. The number of amides is 1. The molecular weight excluding hydrogens is 524 g/mol. The van der Waals surface area contributed by atoms with Gasteiger partial charge < -0.3 is 26.2 Å². The summed E-state index contributed by atoms with van der Waals surface area (Å²) >= 11 is 0. The molecule has 6 N–H and O–H groups in total. The number of aromatic hydroxyl groups is 1. The number of hydrogen-bond acceptors (Lipinski definition) is 8. The number of carbonyl (C=O) groups excluding carboxylic acids is 3. The number of Topliss-reactive ketones (excluding diaryl/α,β-unsaturated/α-hetero) is 2. The lowest BCUT2D eigenvalue weighted by molar-refractivity contribution is -0.148. The number of fused-ring (bicyclic) bond motifs is 3. The van der Waals surface area contributed by atoms with Gasteiger partial charge in [0, 0.05) is 11.5 Å². The number of ketones is 2. The molecule has 9 nitrogen and oxygen atoms in total. The maximum Gasteiger partial charge on any atom is 0.255 e. The van der Waals surface area contributed by atoms with Crippen LogP contribution in [0.1, 0.15) is 59.5 Å². The van der Waals surface area contributed by atoms with Crippen molar-refractivity contribution in [2.75, 3.05) is 14.1 Å². The van der Waals surface area contributed by atoms with Gasteiger partial charge in [-0.3, -0.25) is 19.3 Å². The van der Waals surface area contributed by atoms with Crippen molar-refractivity contribution in [3.05, 3.63) is 75.8 Å². The fourth-order valence-electron chi connectivity index (χ4n) is 7.72. The van der Waals surface area contributed by atoms with E-state index in [9.17, 15) is 34.8 Å². The largest absolute Gasteiger partial charge is 0.510 e. The number of allylic oxidation sites excluding steroid dienone is 1. The average Bonchev–Trinajstić information content (AvgIpc) is 3.46. The molecule has 1 saturated carbocycles. The van der Waals surface area contributed by atoms with E-state index in [1.807, 2.05) is 12.1 Å². The highest BCUT2D eigenvalue weighted by molar-refractivity contribution is 6.24. The van der Waals surface area contributed by atoms with E-state index in [-0.39, 0.29) is 29.7 Å². The summed E-state index contributed by atoms with van der Waals surface area (Å²) in [7, 11) is 3.22. The van der Waals surface area contributed by atoms with E-state index >= 15 is 0 Å². The Balaban J connectivity index is 1.47. The van der Waals surface area contributed by atoms with Crippen LogP contribution < -0.4 is 5.73 Å². The fraction of sp³-hybridized carbons (Fsp3) is 0.406. The van der Waals surface area contributed by atoms with Crippen LogP contribution in [0.25, 0.3) is 11.1 Å². The van der Waals surface area contributed by atoms with Gasteiger partial charge in [-0.25, -0.2) is 0 Å². The first-order chi connectivity index (χ1) is 19.5. The number of primary amides is 1. The maximum absolute atomic E-state index is 13.9. The summed E-state index contributed by atoms with van der Waals surface area (Å²) in [4.78, 5) is 41.1. The summed E-state index contributed by atoms with van der Waals surface area (Å²) in [6, 6.07) is 10.5. The molecule has 4 aliphatic carbocycles. The smallest absolute Gasteiger partial charge is 0.255 e. The van der Waals surface area contributed by atoms with Crippen LogP contribution >= 0.6 is 0 Å². The van der Waals surface area contributed by atoms with Gasteiger partial charge >= 0.3 is 0 Å². The normalized spacial score (nSPS) is 28.1. The molecule has 0 bridgehead atoms. The quantitative estimate of drug-likeness (QED) is 0.357. The van der Waals surface area contributed by atoms with Crippen molar-refractivity contribution in [1.82, 2.24) is 4.90 Å². The standard InChI is InChI=1S/C32H34N2O7/c1-34(2)26-21-14-18-13-20-19(17-9-7-16(8-10-17)15-5-3-4-6-15)11-12-22(35)24(20)27(36)23(18)29(38)32(21,41)30(39)25(28(26)37)31(33)40/h7-12,15,18,21,26,35,37-38,41H,3-6,13-14H2,1-2H3,(H2,33,40)/t18-,21+,26+,32+/m1/s1. The Kier molecular flexibility index (Phi) is 6.35. The average molecular weight is 559 g/mol. The first-order valence-corrected chi connectivity index (χ1v) is 14.1. The molecule has 4 aliphatic rings. The Morgan fingerprint density at radius 1 is 0.976 bits per heavy atom. The minimum absolute atomic E-state index is 0.0168. The molecule has 0 spiro atoms. The minimum Gasteiger partial charge on any atom is -0.510 e. The molecule has 2 aromatic carbocycles. The van der Waals surface area contributed by atoms with Crippen LogP contribution in [0.5, 0.6) is 5.75 Å². The molecule has 0 unspecified atom stereocenters. The number of phenols is 1. The first-order valence-electron chi connectivity index (χ1n) is 14.1. The van der Waals surface area contributed by atoms with E-state index in [2.05, 4.69) is 12.1 Å². The molecule has 2 aromatic rings. The second-order valence-electron chi connectivity index (χ2n) is 12.1. The van der Waals surface area contributed by atoms with Crippen molar-refractivity contribution in [2.45, 2.75) is 56.1 Å². The fourth-order valence-corrected chi connectivity index (χ4v) is 7.72. The predicted octanol–water partition coefficient (Wildman–Crippen LogP) is 3.45. The molecule has 0 aromatic heterocycles. The zero-order valence-electron chi connectivity index (χ0n) is 23.1. The van der Waals surface area contributed by atoms with Gasteiger partial charge in [-0.05, 0) is 79.9 Å². The van der Waals surface area contributed by atoms with Gasteiger partial charge in [-0.15, -0.1) is 0 Å². The summed E-state index contributed by atoms with van der Waals surface area (Å²) in [5.41, 5.74) is 5.38. The zero-order chi connectivity index (χ0) is 29.4. The van der Waals surface area contributed by atoms with E-state index in [1.165, 1.54) is 37.3 Å². The van der Waals surface area contributed by atoms with Crippen LogP contribution in [0.2, 0.25) is 0 Å². The number of aliphatic hydroxyl groups is 3. The number of benzene rings is 2. The van der Waals surface area contributed by atoms with Crippen molar-refractivity contribution < 1.29 is 34.8 Å². The molecule has 6 rings (SSSR count). The Labute approximate surface area is 237 Å². The van der Waals surface area contributed by atoms with Crippen LogP contribution in [0.15, 0.2) is 59.1 Å². The van der Waals surface area contributed by atoms with Crippen molar-refractivity contribution in [3.8, 4) is 16.9 Å². The predicted molar refractivity (Wildman–Crippen MR) is 150 cm³/mol. The third-order valence-electron chi connectivity index (χ3n) is 9.65. The summed E-state index contributed by atoms with van der Waals surface area (Å²) < 4.78 is 0. The van der Waals surface area contributed by atoms with Crippen molar-refractivity contribution >= 4 is 17.5 Å². The number of aliphatic hydroxyl groups excluding tert-OH is 2. The third kappa shape index (κ3) is 3.86. The molecular formula is C32H34N2O7. The second-order valence-corrected chi connectivity index (χ2v) is 12.1. The van der Waals surface area contributed by atoms with Gasteiger partial charge in [-0.1, -0.05) is 43.2 Å². The minimum atomic E-state index is -2.65. The summed E-state index contributed by atoms with van der Waals surface area (Å²) in [6.45, 7) is 0. The van der Waals surface area contributed by atoms with Crippen LogP contribution in [-0.4, -0.2) is 68.5 Å². The summed E-state index contributed by atoms with van der Waals surface area (Å²) in [5, 5.41) is 44.9. The second kappa shape index (κ2) is 9.56. The Morgan fingerprint density at radius 3 is 2.24 bits per heavy atom. The number of phenolic OH excluding ortho intramolecular Hbond substituents is 1. The van der Waals surface area contributed by atoms with E-state index in [4.69, 9.17) is 5.73 Å². The van der Waals surface area contributed by atoms with Gasteiger partial charge in [0.25, 0.3) is 5.91 Å². The lowest BCUT2D eigenvalue weighted by Gasteiger charge is -2.50. The summed E-state index contributed by atoms with van der Waals surface area (Å²) in [5.74, 6) is -5.98. The van der Waals surface area contributed by atoms with Crippen LogP contribution in [0.3, 0.4) is 0 Å². The maximum atomic E-state index is 13.9. The highest BCUT2D eigenvalue weighted by atomic mass is 16.3. The van der Waals surface area contributed by atoms with Gasteiger partial charge in [0.1, 0.15) is 22.8 Å². The molecule has 1 fully saturated rings. The molecule has 214 valence electrons. The number of carbonyl (C=O) groups is 3. The molecule has 1 amide bonds. The Bertz CT molecular complexity index is 1550. The molecule has 0 saturated heterocycles. The highest BCUT2D eigenvalue weighted by Crippen LogP contribution is 2.53. The Morgan fingerprint density at radius 2 is 1.63 bits per heavy atom. The number of rotatable bonds is 4. The first kappa shape index (κ1) is 27.2. The van der Waals surface area contributed by atoms with Crippen LogP contribution in [0, 0.1) is 11.8 Å². The number of likely N-dealkylation sites (N-methyl/N-ethyl adjacent to an activating group) is 1. The van der Waals surface area contributed by atoms with Crippen LogP contribution in [0.4, 0.5) is 0 Å². The molecule has 41 heavy (non-hydrogen) atoms. The zero-order valence-corrected chi connectivity index (χ0v) is 23.1. The molecule has 4 atom stereocenters. The van der Waals surface area contributed by atoms with Gasteiger partial charge in [0.15, 0.2) is 11.4 Å². The van der Waals surface area contributed by atoms with Gasteiger partial charge in [-0.2, -0.15) is 0 Å². The van der Waals surface area contributed by atoms with Crippen LogP contribution in [-0.2, 0) is 16.0 Å². The van der Waals surface area contributed by atoms with E-state index < -0.39 is 58.0 Å². The highest BCUT2D eigenvalue weighted by Gasteiger charge is 2.63. The summed E-state index contributed by atoms with van der Waals surface area (Å²) in [6.07, 6.45) is 5.14. The van der Waals surface area contributed by atoms with Crippen molar-refractivity contribution in [2.24, 2.45) is 17.6 Å². The Hall–Kier alpha value is -3.95. The molecule has 9 heteroatoms. The molecule has 0 heterocycles. The van der Waals surface area contributed by atoms with Crippen molar-refractivity contribution in [1.29, 1.82) is 0 Å². The topological polar surface area (TPSA) is 161 Å². The SMILES string of the molecule is CN(C)[C@@H]1C(O)=C(C(N)=O)C(=O)[C@@]2(O)C(O)=C3C(=O)c4c(O)ccc(-c5ccc(C6CCCC6)cc5)c4C[C@@H]3C[C@@H]12. The monoisotopic (exact) mass is 558 g/mol. The van der Waals surface area contributed by atoms with E-state index in [0.29, 0.717) is 11.5 Å². The van der Waals surface area contributed by atoms with E-state index in [0.717, 1.165) is 11.1 Å². The van der Waals surface area contributed by atoms with Gasteiger partial charge in [0.2, 0.25) is 5.78 Å². The van der Waals surface area contributed by atoms with Gasteiger partial charge in [0.05, 0.1) is 11.6 Å². The molecule has 0 aliphatic heterocycles. The number of nitrogens with zero attached hydrogens (tertiary/aromatic N) is 1. The number of hydrogen-bond donors (Lipinski definition) is 5. The molecule has 0 radical (unpaired) electrons. The number of nitrogens with two attached hydrogens (primary N) is 1. The lowest BCUT2D eigenvalue weighted by atomic mass is 9.58. The lowest BCUT2D eigenvalue weighted by Crippen LogP contribution is -2.63.